The monoisotopic (exact) mass is 141 g/mol. The second-order valence-corrected chi connectivity index (χ2v) is 1.88. The zero-order valence-corrected chi connectivity index (χ0v) is 5.56. The van der Waals surface area contributed by atoms with Gasteiger partial charge >= 0.3 is 0 Å². The van der Waals surface area contributed by atoms with Crippen molar-refractivity contribution in [1.82, 2.24) is 0 Å². The zero-order valence-electron chi connectivity index (χ0n) is 4.80. The molecule has 1 radical (unpaired) electrons. The lowest BCUT2D eigenvalue weighted by Crippen LogP contribution is -1.74. The largest absolute Gasteiger partial charge is 0.386 e. The molecule has 0 saturated heterocycles. The molecule has 0 N–H and O–H groups in total. The quantitative estimate of drug-likeness (QED) is 0.584. The minimum atomic E-state index is 0.629. The van der Waals surface area contributed by atoms with Crippen molar-refractivity contribution in [2.45, 2.75) is 0 Å². The number of halogens is 1. The van der Waals surface area contributed by atoms with E-state index in [0.29, 0.717) is 5.75 Å². The smallest absolute Gasteiger partial charge is 0.146 e. The SMILES string of the molecule is [CH2]c1cccc(OCl)c1. The third kappa shape index (κ3) is 1.61. The minimum Gasteiger partial charge on any atom is -0.386 e. The average molecular weight is 142 g/mol. The number of rotatable bonds is 1. The van der Waals surface area contributed by atoms with E-state index in [2.05, 4.69) is 11.2 Å². The highest BCUT2D eigenvalue weighted by Gasteiger charge is 1.88. The Balaban J connectivity index is 2.94. The van der Waals surface area contributed by atoms with Gasteiger partial charge in [-0.1, -0.05) is 12.1 Å². The molecule has 2 heteroatoms. The summed E-state index contributed by atoms with van der Waals surface area (Å²) >= 11 is 5.07. The predicted molar refractivity (Wildman–Crippen MR) is 37.4 cm³/mol. The lowest BCUT2D eigenvalue weighted by molar-refractivity contribution is 0.619. The van der Waals surface area contributed by atoms with E-state index in [9.17, 15) is 0 Å². The summed E-state index contributed by atoms with van der Waals surface area (Å²) in [4.78, 5) is 0. The van der Waals surface area contributed by atoms with Crippen LogP contribution in [-0.4, -0.2) is 0 Å². The first-order chi connectivity index (χ1) is 4.33. The summed E-state index contributed by atoms with van der Waals surface area (Å²) in [6.07, 6.45) is 0. The van der Waals surface area contributed by atoms with E-state index in [0.717, 1.165) is 5.56 Å². The maximum absolute atomic E-state index is 5.07. The van der Waals surface area contributed by atoms with Gasteiger partial charge in [-0.15, -0.1) is 0 Å². The van der Waals surface area contributed by atoms with Crippen molar-refractivity contribution < 1.29 is 4.29 Å². The fraction of sp³-hybridized carbons (Fsp3) is 0. The van der Waals surface area contributed by atoms with Crippen LogP contribution in [0, 0.1) is 6.92 Å². The summed E-state index contributed by atoms with van der Waals surface area (Å²) < 4.78 is 4.43. The van der Waals surface area contributed by atoms with Gasteiger partial charge < -0.3 is 4.29 Å². The summed E-state index contributed by atoms with van der Waals surface area (Å²) in [7, 11) is 0. The molecule has 0 bridgehead atoms. The van der Waals surface area contributed by atoms with Crippen molar-refractivity contribution in [2.75, 3.05) is 0 Å². The van der Waals surface area contributed by atoms with Gasteiger partial charge in [-0.05, 0) is 24.6 Å². The van der Waals surface area contributed by atoms with E-state index in [1.807, 2.05) is 12.1 Å². The summed E-state index contributed by atoms with van der Waals surface area (Å²) in [5.41, 5.74) is 0.896. The first-order valence-electron chi connectivity index (χ1n) is 2.53. The van der Waals surface area contributed by atoms with Crippen LogP contribution in [0.4, 0.5) is 0 Å². The molecule has 0 amide bonds. The van der Waals surface area contributed by atoms with E-state index in [1.165, 1.54) is 0 Å². The van der Waals surface area contributed by atoms with Gasteiger partial charge in [0.1, 0.15) is 17.6 Å². The number of hydrogen-bond acceptors (Lipinski definition) is 1. The molecular weight excluding hydrogens is 136 g/mol. The predicted octanol–water partition coefficient (Wildman–Crippen LogP) is 2.40. The Hall–Kier alpha value is -0.690. The van der Waals surface area contributed by atoms with Gasteiger partial charge in [0.25, 0.3) is 0 Å². The van der Waals surface area contributed by atoms with Crippen molar-refractivity contribution in [3.63, 3.8) is 0 Å². The molecule has 0 heterocycles. The summed E-state index contributed by atoms with van der Waals surface area (Å²) in [6.45, 7) is 3.69. The molecule has 0 unspecified atom stereocenters. The van der Waals surface area contributed by atoms with Crippen LogP contribution >= 0.6 is 11.9 Å². The molecule has 0 fully saturated rings. The van der Waals surface area contributed by atoms with Gasteiger partial charge in [-0.3, -0.25) is 0 Å². The first kappa shape index (κ1) is 6.43. The minimum absolute atomic E-state index is 0.629. The Morgan fingerprint density at radius 3 is 2.67 bits per heavy atom. The van der Waals surface area contributed by atoms with Crippen molar-refractivity contribution in [2.24, 2.45) is 0 Å². The third-order valence-electron chi connectivity index (χ3n) is 0.988. The van der Waals surface area contributed by atoms with Crippen LogP contribution in [0.2, 0.25) is 0 Å². The van der Waals surface area contributed by atoms with Crippen LogP contribution in [0.3, 0.4) is 0 Å². The van der Waals surface area contributed by atoms with E-state index in [4.69, 9.17) is 11.9 Å². The maximum atomic E-state index is 5.07. The van der Waals surface area contributed by atoms with Gasteiger partial charge in [0.15, 0.2) is 0 Å². The van der Waals surface area contributed by atoms with Crippen LogP contribution in [-0.2, 0) is 0 Å². The molecule has 1 rings (SSSR count). The van der Waals surface area contributed by atoms with Crippen molar-refractivity contribution >= 4 is 11.9 Å². The molecule has 0 aromatic heterocycles. The fourth-order valence-electron chi connectivity index (χ4n) is 0.593. The van der Waals surface area contributed by atoms with Gasteiger partial charge in [-0.25, -0.2) is 0 Å². The molecule has 1 nitrogen and oxygen atoms in total. The first-order valence-corrected chi connectivity index (χ1v) is 2.84. The molecule has 0 aliphatic rings. The Kier molecular flexibility index (Phi) is 1.96. The third-order valence-corrected chi connectivity index (χ3v) is 1.17. The second-order valence-electron chi connectivity index (χ2n) is 1.72. The molecule has 0 saturated carbocycles. The Morgan fingerprint density at radius 1 is 1.44 bits per heavy atom. The maximum Gasteiger partial charge on any atom is 0.146 e. The average Bonchev–Trinajstić information content (AvgIpc) is 1.88. The Bertz CT molecular complexity index is 198. The second kappa shape index (κ2) is 2.74. The summed E-state index contributed by atoms with van der Waals surface area (Å²) in [5.74, 6) is 0.629. The Morgan fingerprint density at radius 2 is 2.22 bits per heavy atom. The van der Waals surface area contributed by atoms with Crippen LogP contribution in [0.15, 0.2) is 24.3 Å². The van der Waals surface area contributed by atoms with E-state index >= 15 is 0 Å². The van der Waals surface area contributed by atoms with Crippen molar-refractivity contribution in [1.29, 1.82) is 0 Å². The molecule has 1 aromatic carbocycles. The number of hydrogen-bond donors (Lipinski definition) is 0. The van der Waals surface area contributed by atoms with Crippen LogP contribution in [0.25, 0.3) is 0 Å². The standard InChI is InChI=1S/C7H6ClO/c1-6-3-2-4-7(5-6)9-8/h2-5H,1H2. The summed E-state index contributed by atoms with van der Waals surface area (Å²) in [6, 6.07) is 7.23. The lowest BCUT2D eigenvalue weighted by Gasteiger charge is -1.94. The van der Waals surface area contributed by atoms with Gasteiger partial charge in [0.2, 0.25) is 0 Å². The van der Waals surface area contributed by atoms with Crippen LogP contribution in [0.5, 0.6) is 5.75 Å². The Labute approximate surface area is 59.4 Å². The van der Waals surface area contributed by atoms with Crippen molar-refractivity contribution in [3.05, 3.63) is 36.8 Å². The zero-order chi connectivity index (χ0) is 6.69. The van der Waals surface area contributed by atoms with E-state index in [-0.39, 0.29) is 0 Å². The molecular formula is C7H6ClO. The molecule has 0 spiro atoms. The molecule has 0 aliphatic carbocycles. The van der Waals surface area contributed by atoms with Gasteiger partial charge in [-0.2, -0.15) is 0 Å². The fourth-order valence-corrected chi connectivity index (χ4v) is 0.689. The topological polar surface area (TPSA) is 9.23 Å². The van der Waals surface area contributed by atoms with E-state index < -0.39 is 0 Å². The van der Waals surface area contributed by atoms with E-state index in [1.54, 1.807) is 12.1 Å². The highest BCUT2D eigenvalue weighted by Crippen LogP contribution is 2.12. The highest BCUT2D eigenvalue weighted by atomic mass is 35.5. The lowest BCUT2D eigenvalue weighted by atomic mass is 10.2. The highest BCUT2D eigenvalue weighted by molar-refractivity contribution is 6.09. The van der Waals surface area contributed by atoms with Crippen LogP contribution < -0.4 is 4.29 Å². The van der Waals surface area contributed by atoms with Crippen LogP contribution in [0.1, 0.15) is 5.56 Å². The van der Waals surface area contributed by atoms with Gasteiger partial charge in [0.05, 0.1) is 0 Å². The van der Waals surface area contributed by atoms with Crippen molar-refractivity contribution in [3.8, 4) is 5.75 Å². The number of benzene rings is 1. The summed E-state index contributed by atoms with van der Waals surface area (Å²) in [5, 5.41) is 0. The molecule has 47 valence electrons. The normalized spacial score (nSPS) is 9.11. The molecule has 9 heavy (non-hydrogen) atoms. The molecule has 0 atom stereocenters. The molecule has 0 aliphatic heterocycles. The molecule has 1 aromatic rings. The van der Waals surface area contributed by atoms with Gasteiger partial charge in [0, 0.05) is 0 Å².